The van der Waals surface area contributed by atoms with Crippen LogP contribution in [-0.2, 0) is 25.4 Å². The standard InChI is InChI=1S/C20H24N6O3/c1-23-18-17(19(28)24(2)20(23)29)25(13-22-18)12-16(27)26-10-6-9-15(26)11-21-14-7-4-3-5-8-14/h3-5,7-8,13,15,21H,6,9-12H2,1-2H3/t15-/m0/s1. The Morgan fingerprint density at radius 1 is 1.17 bits per heavy atom. The van der Waals surface area contributed by atoms with E-state index in [4.69, 9.17) is 0 Å². The number of amides is 1. The maximum Gasteiger partial charge on any atom is 0.332 e. The van der Waals surface area contributed by atoms with Crippen LogP contribution in [0.25, 0.3) is 11.2 Å². The van der Waals surface area contributed by atoms with E-state index >= 15 is 0 Å². The van der Waals surface area contributed by atoms with Gasteiger partial charge >= 0.3 is 5.69 Å². The zero-order valence-corrected chi connectivity index (χ0v) is 16.5. The molecule has 1 aliphatic rings. The number of likely N-dealkylation sites (tertiary alicyclic amines) is 1. The Labute approximate surface area is 167 Å². The predicted molar refractivity (Wildman–Crippen MR) is 110 cm³/mol. The van der Waals surface area contributed by atoms with Crippen molar-refractivity contribution in [2.24, 2.45) is 14.1 Å². The molecule has 1 saturated heterocycles. The lowest BCUT2D eigenvalue weighted by Crippen LogP contribution is -2.42. The number of imidazole rings is 1. The molecule has 1 aliphatic heterocycles. The second-order valence-electron chi connectivity index (χ2n) is 7.38. The van der Waals surface area contributed by atoms with E-state index in [2.05, 4.69) is 10.3 Å². The molecule has 9 nitrogen and oxygen atoms in total. The molecule has 3 aromatic rings. The number of nitrogens with one attached hydrogen (secondary N) is 1. The molecule has 3 heterocycles. The predicted octanol–water partition coefficient (Wildman–Crippen LogP) is 0.537. The molecule has 1 fully saturated rings. The van der Waals surface area contributed by atoms with Gasteiger partial charge in [0.2, 0.25) is 5.91 Å². The van der Waals surface area contributed by atoms with Gasteiger partial charge < -0.3 is 14.8 Å². The Morgan fingerprint density at radius 3 is 2.69 bits per heavy atom. The molecule has 0 spiro atoms. The maximum absolute atomic E-state index is 13.0. The third kappa shape index (κ3) is 3.43. The average Bonchev–Trinajstić information content (AvgIpc) is 3.37. The van der Waals surface area contributed by atoms with Gasteiger partial charge in [-0.15, -0.1) is 0 Å². The van der Waals surface area contributed by atoms with Gasteiger partial charge in [-0.3, -0.25) is 18.7 Å². The highest BCUT2D eigenvalue weighted by Crippen LogP contribution is 2.19. The molecule has 0 aliphatic carbocycles. The monoisotopic (exact) mass is 396 g/mol. The van der Waals surface area contributed by atoms with E-state index in [1.54, 1.807) is 11.6 Å². The molecule has 4 rings (SSSR count). The first-order valence-electron chi connectivity index (χ1n) is 9.66. The number of para-hydroxylation sites is 1. The van der Waals surface area contributed by atoms with Crippen LogP contribution < -0.4 is 16.6 Å². The maximum atomic E-state index is 13.0. The van der Waals surface area contributed by atoms with Gasteiger partial charge in [-0.25, -0.2) is 9.78 Å². The summed E-state index contributed by atoms with van der Waals surface area (Å²) in [6.07, 6.45) is 3.34. The topological polar surface area (TPSA) is 94.2 Å². The summed E-state index contributed by atoms with van der Waals surface area (Å²) >= 11 is 0. The molecule has 0 saturated carbocycles. The SMILES string of the molecule is Cn1c(=O)c2c(ncn2CC(=O)N2CCC[C@H]2CNc2ccccc2)n(C)c1=O. The third-order valence-corrected chi connectivity index (χ3v) is 5.54. The van der Waals surface area contributed by atoms with E-state index in [9.17, 15) is 14.4 Å². The van der Waals surface area contributed by atoms with Crippen LogP contribution in [0, 0.1) is 0 Å². The van der Waals surface area contributed by atoms with Gasteiger partial charge in [0.15, 0.2) is 11.2 Å². The van der Waals surface area contributed by atoms with Crippen molar-refractivity contribution in [2.75, 3.05) is 18.4 Å². The van der Waals surface area contributed by atoms with E-state index in [0.29, 0.717) is 13.1 Å². The fourth-order valence-electron chi connectivity index (χ4n) is 3.92. The van der Waals surface area contributed by atoms with Gasteiger partial charge in [-0.2, -0.15) is 0 Å². The molecule has 0 radical (unpaired) electrons. The minimum Gasteiger partial charge on any atom is -0.383 e. The number of aromatic nitrogens is 4. The molecule has 1 aromatic carbocycles. The number of hydrogen-bond donors (Lipinski definition) is 1. The molecule has 9 heteroatoms. The van der Waals surface area contributed by atoms with Crippen LogP contribution in [0.1, 0.15) is 12.8 Å². The van der Waals surface area contributed by atoms with Crippen molar-refractivity contribution in [3.63, 3.8) is 0 Å². The number of carbonyl (C=O) groups is 1. The first-order chi connectivity index (χ1) is 14.0. The van der Waals surface area contributed by atoms with Crippen molar-refractivity contribution in [3.05, 3.63) is 57.5 Å². The second kappa shape index (κ2) is 7.57. The number of fused-ring (bicyclic) bond motifs is 1. The van der Waals surface area contributed by atoms with Crippen molar-refractivity contribution < 1.29 is 4.79 Å². The van der Waals surface area contributed by atoms with Crippen LogP contribution >= 0.6 is 0 Å². The summed E-state index contributed by atoms with van der Waals surface area (Å²) in [6, 6.07) is 10.0. The fraction of sp³-hybridized carbons (Fsp3) is 0.400. The summed E-state index contributed by atoms with van der Waals surface area (Å²) in [7, 11) is 2.99. The highest BCUT2D eigenvalue weighted by Gasteiger charge is 2.29. The van der Waals surface area contributed by atoms with Gasteiger partial charge in [0.1, 0.15) is 6.54 Å². The minimum absolute atomic E-state index is 0.0196. The largest absolute Gasteiger partial charge is 0.383 e. The van der Waals surface area contributed by atoms with Crippen LogP contribution in [0.2, 0.25) is 0 Å². The Bertz CT molecular complexity index is 1160. The van der Waals surface area contributed by atoms with Crippen molar-refractivity contribution in [1.82, 2.24) is 23.6 Å². The lowest BCUT2D eigenvalue weighted by molar-refractivity contribution is -0.132. The Hall–Kier alpha value is -3.36. The van der Waals surface area contributed by atoms with Crippen LogP contribution in [0.4, 0.5) is 5.69 Å². The summed E-state index contributed by atoms with van der Waals surface area (Å²) in [6.45, 7) is 1.39. The lowest BCUT2D eigenvalue weighted by atomic mass is 10.2. The zero-order chi connectivity index (χ0) is 20.5. The smallest absolute Gasteiger partial charge is 0.332 e. The van der Waals surface area contributed by atoms with E-state index in [1.807, 2.05) is 35.2 Å². The van der Waals surface area contributed by atoms with Crippen molar-refractivity contribution in [1.29, 1.82) is 0 Å². The molecule has 0 unspecified atom stereocenters. The van der Waals surface area contributed by atoms with Crippen molar-refractivity contribution >= 4 is 22.8 Å². The van der Waals surface area contributed by atoms with E-state index in [1.165, 1.54) is 17.9 Å². The van der Waals surface area contributed by atoms with E-state index in [0.717, 1.165) is 23.1 Å². The number of benzene rings is 1. The number of anilines is 1. The zero-order valence-electron chi connectivity index (χ0n) is 16.5. The summed E-state index contributed by atoms with van der Waals surface area (Å²) in [4.78, 5) is 43.7. The summed E-state index contributed by atoms with van der Waals surface area (Å²) in [5.41, 5.74) is 0.690. The van der Waals surface area contributed by atoms with Crippen LogP contribution in [0.3, 0.4) is 0 Å². The molecule has 152 valence electrons. The van der Waals surface area contributed by atoms with E-state index < -0.39 is 11.2 Å². The summed E-state index contributed by atoms with van der Waals surface area (Å²) < 4.78 is 3.90. The average molecular weight is 396 g/mol. The highest BCUT2D eigenvalue weighted by atomic mass is 16.2. The molecular weight excluding hydrogens is 372 g/mol. The molecular formula is C20H24N6O3. The first kappa shape index (κ1) is 19.0. The summed E-state index contributed by atoms with van der Waals surface area (Å²) in [5, 5.41) is 3.39. The Morgan fingerprint density at radius 2 is 1.93 bits per heavy atom. The quantitative estimate of drug-likeness (QED) is 0.679. The fourth-order valence-corrected chi connectivity index (χ4v) is 3.92. The van der Waals surface area contributed by atoms with Crippen molar-refractivity contribution in [3.8, 4) is 0 Å². The number of rotatable bonds is 5. The molecule has 1 N–H and O–H groups in total. The molecule has 29 heavy (non-hydrogen) atoms. The van der Waals surface area contributed by atoms with Crippen molar-refractivity contribution in [2.45, 2.75) is 25.4 Å². The summed E-state index contributed by atoms with van der Waals surface area (Å²) in [5.74, 6) is -0.0578. The van der Waals surface area contributed by atoms with Gasteiger partial charge in [0.05, 0.1) is 6.33 Å². The normalized spacial score (nSPS) is 16.5. The first-order valence-corrected chi connectivity index (χ1v) is 9.66. The highest BCUT2D eigenvalue weighted by molar-refractivity contribution is 5.79. The third-order valence-electron chi connectivity index (χ3n) is 5.54. The number of aryl methyl sites for hydroxylation is 1. The Balaban J connectivity index is 1.53. The molecule has 1 amide bonds. The number of nitrogens with zero attached hydrogens (tertiary/aromatic N) is 5. The molecule has 1 atom stereocenters. The van der Waals surface area contributed by atoms with Gasteiger partial charge in [-0.1, -0.05) is 18.2 Å². The van der Waals surface area contributed by atoms with Gasteiger partial charge in [0, 0.05) is 38.9 Å². The van der Waals surface area contributed by atoms with Crippen LogP contribution in [0.5, 0.6) is 0 Å². The second-order valence-corrected chi connectivity index (χ2v) is 7.38. The van der Waals surface area contributed by atoms with Crippen LogP contribution in [0.15, 0.2) is 46.2 Å². The number of hydrogen-bond acceptors (Lipinski definition) is 5. The van der Waals surface area contributed by atoms with Gasteiger partial charge in [-0.05, 0) is 25.0 Å². The van der Waals surface area contributed by atoms with Gasteiger partial charge in [0.25, 0.3) is 5.56 Å². The number of carbonyl (C=O) groups excluding carboxylic acids is 1. The molecule has 0 bridgehead atoms. The Kier molecular flexibility index (Phi) is 4.96. The minimum atomic E-state index is -0.447. The molecule has 2 aromatic heterocycles. The lowest BCUT2D eigenvalue weighted by Gasteiger charge is -2.25. The van der Waals surface area contributed by atoms with E-state index in [-0.39, 0.29) is 29.7 Å². The van der Waals surface area contributed by atoms with Crippen LogP contribution in [-0.4, -0.2) is 48.6 Å².